The Labute approximate surface area is 205 Å². The van der Waals surface area contributed by atoms with Gasteiger partial charge in [0.05, 0.1) is 40.6 Å². The van der Waals surface area contributed by atoms with Crippen molar-refractivity contribution in [2.24, 2.45) is 5.73 Å². The first kappa shape index (κ1) is 22.2. The van der Waals surface area contributed by atoms with Gasteiger partial charge in [0.1, 0.15) is 5.82 Å². The number of hydrogen-bond acceptors (Lipinski definition) is 7. The fourth-order valence-electron chi connectivity index (χ4n) is 5.46. The van der Waals surface area contributed by atoms with Crippen molar-refractivity contribution in [1.82, 2.24) is 19.4 Å². The molecule has 1 aromatic carbocycles. The Kier molecular flexibility index (Phi) is 5.57. The molecule has 0 amide bonds. The number of benzene rings is 1. The molecule has 0 bridgehead atoms. The van der Waals surface area contributed by atoms with Gasteiger partial charge in [0.25, 0.3) is 0 Å². The highest BCUT2D eigenvalue weighted by Gasteiger charge is 2.26. The van der Waals surface area contributed by atoms with Crippen LogP contribution in [0.15, 0.2) is 42.7 Å². The largest absolute Gasteiger partial charge is 0.372 e. The second-order valence-corrected chi connectivity index (χ2v) is 10.1. The van der Waals surface area contributed by atoms with Crippen LogP contribution in [0.2, 0.25) is 0 Å². The first-order valence-corrected chi connectivity index (χ1v) is 12.6. The Bertz CT molecular complexity index is 1350. The fourth-order valence-corrected chi connectivity index (χ4v) is 5.46. The highest BCUT2D eigenvalue weighted by molar-refractivity contribution is 5.85. The summed E-state index contributed by atoms with van der Waals surface area (Å²) in [6.45, 7) is 9.87. The van der Waals surface area contributed by atoms with Crippen molar-refractivity contribution in [3.05, 3.63) is 48.4 Å². The molecule has 4 aromatic rings. The van der Waals surface area contributed by atoms with Crippen molar-refractivity contribution in [3.63, 3.8) is 0 Å². The standard InChI is InChI=1S/C27H33N7O/c1-17-15-33(16-18(2)35-17)27-31-19(3)25-14-29-23-6-4-20(12-24(23)34(25)27)21-5-7-26(30-13-21)32-10-8-22(28)9-11-32/h4-7,12-14,17-18,22H,8-11,15-16,28H2,1-3H3/t17-,18+. The van der Waals surface area contributed by atoms with Crippen LogP contribution >= 0.6 is 0 Å². The van der Waals surface area contributed by atoms with E-state index in [1.54, 1.807) is 0 Å². The second-order valence-electron chi connectivity index (χ2n) is 10.1. The van der Waals surface area contributed by atoms with Crippen molar-refractivity contribution in [2.45, 2.75) is 51.9 Å². The molecule has 2 aliphatic heterocycles. The molecule has 2 N–H and O–H groups in total. The summed E-state index contributed by atoms with van der Waals surface area (Å²) in [6.07, 6.45) is 6.27. The first-order chi connectivity index (χ1) is 17.0. The van der Waals surface area contributed by atoms with Crippen molar-refractivity contribution in [1.29, 1.82) is 0 Å². The van der Waals surface area contributed by atoms with E-state index >= 15 is 0 Å². The molecule has 2 atom stereocenters. The van der Waals surface area contributed by atoms with Crippen LogP contribution in [0.5, 0.6) is 0 Å². The average molecular weight is 472 g/mol. The Morgan fingerprint density at radius 2 is 1.63 bits per heavy atom. The quantitative estimate of drug-likeness (QED) is 0.487. The number of piperidine rings is 1. The van der Waals surface area contributed by atoms with Gasteiger partial charge in [-0.3, -0.25) is 9.38 Å². The maximum Gasteiger partial charge on any atom is 0.211 e. The molecule has 8 heteroatoms. The third kappa shape index (κ3) is 4.10. The van der Waals surface area contributed by atoms with E-state index in [4.69, 9.17) is 25.4 Å². The molecule has 5 heterocycles. The molecule has 182 valence electrons. The molecule has 8 nitrogen and oxygen atoms in total. The number of ether oxygens (including phenoxy) is 1. The van der Waals surface area contributed by atoms with Crippen LogP contribution in [-0.2, 0) is 4.74 Å². The number of aromatic nitrogens is 4. The van der Waals surface area contributed by atoms with Crippen LogP contribution in [0.1, 0.15) is 32.4 Å². The summed E-state index contributed by atoms with van der Waals surface area (Å²) in [4.78, 5) is 19.2. The number of imidazole rings is 1. The Morgan fingerprint density at radius 3 is 2.34 bits per heavy atom. The first-order valence-electron chi connectivity index (χ1n) is 12.6. The Morgan fingerprint density at radius 1 is 0.886 bits per heavy atom. The number of aryl methyl sites for hydroxylation is 1. The van der Waals surface area contributed by atoms with Gasteiger partial charge in [-0.2, -0.15) is 0 Å². The van der Waals surface area contributed by atoms with Gasteiger partial charge in [0.15, 0.2) is 0 Å². The predicted octanol–water partition coefficient (Wildman–Crippen LogP) is 3.79. The van der Waals surface area contributed by atoms with Gasteiger partial charge >= 0.3 is 0 Å². The lowest BCUT2D eigenvalue weighted by molar-refractivity contribution is -0.00573. The van der Waals surface area contributed by atoms with E-state index in [2.05, 4.69) is 65.3 Å². The van der Waals surface area contributed by atoms with E-state index in [-0.39, 0.29) is 12.2 Å². The minimum atomic E-state index is 0.162. The van der Waals surface area contributed by atoms with E-state index in [0.717, 1.165) is 84.2 Å². The molecule has 0 aliphatic carbocycles. The SMILES string of the molecule is Cc1nc(N2C[C@@H](C)O[C@@H](C)C2)n2c1cnc1ccc(-c3ccc(N4CCC(N)CC4)nc3)cc12. The number of nitrogens with two attached hydrogens (primary N) is 1. The van der Waals surface area contributed by atoms with Gasteiger partial charge in [-0.05, 0) is 63.4 Å². The number of rotatable bonds is 3. The summed E-state index contributed by atoms with van der Waals surface area (Å²) in [5, 5.41) is 0. The van der Waals surface area contributed by atoms with Gasteiger partial charge in [0, 0.05) is 44.0 Å². The topological polar surface area (TPSA) is 84.8 Å². The number of fused-ring (bicyclic) bond motifs is 3. The molecule has 2 saturated heterocycles. The maximum atomic E-state index is 6.07. The van der Waals surface area contributed by atoms with Crippen LogP contribution in [0.4, 0.5) is 11.8 Å². The van der Waals surface area contributed by atoms with Crippen molar-refractivity contribution in [2.75, 3.05) is 36.0 Å². The molecular formula is C27H33N7O. The molecule has 0 spiro atoms. The molecule has 6 rings (SSSR count). The van der Waals surface area contributed by atoms with Crippen LogP contribution in [0, 0.1) is 6.92 Å². The highest BCUT2D eigenvalue weighted by atomic mass is 16.5. The molecule has 2 fully saturated rings. The lowest BCUT2D eigenvalue weighted by atomic mass is 10.1. The summed E-state index contributed by atoms with van der Waals surface area (Å²) < 4.78 is 8.23. The van der Waals surface area contributed by atoms with Crippen LogP contribution in [0.3, 0.4) is 0 Å². The van der Waals surface area contributed by atoms with Gasteiger partial charge in [-0.25, -0.2) is 9.97 Å². The summed E-state index contributed by atoms with van der Waals surface area (Å²) in [5.41, 5.74) is 12.3. The predicted molar refractivity (Wildman–Crippen MR) is 140 cm³/mol. The lowest BCUT2D eigenvalue weighted by Crippen LogP contribution is -2.46. The normalized spacial score (nSPS) is 21.8. The zero-order valence-corrected chi connectivity index (χ0v) is 20.7. The summed E-state index contributed by atoms with van der Waals surface area (Å²) in [6, 6.07) is 11.0. The van der Waals surface area contributed by atoms with Gasteiger partial charge < -0.3 is 20.3 Å². The van der Waals surface area contributed by atoms with Gasteiger partial charge in [-0.1, -0.05) is 6.07 Å². The minimum Gasteiger partial charge on any atom is -0.372 e. The van der Waals surface area contributed by atoms with Crippen molar-refractivity contribution >= 4 is 28.3 Å². The molecule has 3 aromatic heterocycles. The molecule has 2 aliphatic rings. The van der Waals surface area contributed by atoms with Crippen molar-refractivity contribution in [3.8, 4) is 11.1 Å². The molecular weight excluding hydrogens is 438 g/mol. The van der Waals surface area contributed by atoms with Crippen LogP contribution in [0.25, 0.3) is 27.7 Å². The number of hydrogen-bond donors (Lipinski definition) is 1. The third-order valence-corrected chi connectivity index (χ3v) is 7.27. The average Bonchev–Trinajstić information content (AvgIpc) is 3.21. The highest BCUT2D eigenvalue weighted by Crippen LogP contribution is 2.30. The van der Waals surface area contributed by atoms with E-state index in [1.165, 1.54) is 0 Å². The lowest BCUT2D eigenvalue weighted by Gasteiger charge is -2.35. The van der Waals surface area contributed by atoms with Crippen LogP contribution < -0.4 is 15.5 Å². The molecule has 35 heavy (non-hydrogen) atoms. The molecule has 0 unspecified atom stereocenters. The zero-order valence-electron chi connectivity index (χ0n) is 20.7. The van der Waals surface area contributed by atoms with Crippen molar-refractivity contribution < 1.29 is 4.74 Å². The number of anilines is 2. The second kappa shape index (κ2) is 8.77. The number of morpholine rings is 1. The Balaban J connectivity index is 1.39. The molecule has 0 radical (unpaired) electrons. The van der Waals surface area contributed by atoms with Gasteiger partial charge in [-0.15, -0.1) is 0 Å². The van der Waals surface area contributed by atoms with E-state index in [9.17, 15) is 0 Å². The van der Waals surface area contributed by atoms with E-state index in [1.807, 2.05) is 12.4 Å². The summed E-state index contributed by atoms with van der Waals surface area (Å²) in [7, 11) is 0. The van der Waals surface area contributed by atoms with Crippen LogP contribution in [-0.4, -0.2) is 63.8 Å². The smallest absolute Gasteiger partial charge is 0.211 e. The maximum absolute atomic E-state index is 6.07. The molecule has 0 saturated carbocycles. The fraction of sp³-hybridized carbons (Fsp3) is 0.444. The van der Waals surface area contributed by atoms with E-state index in [0.29, 0.717) is 6.04 Å². The minimum absolute atomic E-state index is 0.162. The Hall–Kier alpha value is -3.23. The zero-order chi connectivity index (χ0) is 24.1. The summed E-state index contributed by atoms with van der Waals surface area (Å²) in [5.74, 6) is 1.98. The third-order valence-electron chi connectivity index (χ3n) is 7.27. The summed E-state index contributed by atoms with van der Waals surface area (Å²) >= 11 is 0. The van der Waals surface area contributed by atoms with E-state index < -0.39 is 0 Å². The monoisotopic (exact) mass is 471 g/mol. The number of pyridine rings is 1. The number of nitrogens with zero attached hydrogens (tertiary/aromatic N) is 6. The van der Waals surface area contributed by atoms with Gasteiger partial charge in [0.2, 0.25) is 5.95 Å².